The van der Waals surface area contributed by atoms with E-state index in [9.17, 15) is 4.39 Å². The second-order valence-corrected chi connectivity index (χ2v) is 4.52. The molecule has 2 rings (SSSR count). The summed E-state index contributed by atoms with van der Waals surface area (Å²) >= 11 is 6.96. The fourth-order valence-electron chi connectivity index (χ4n) is 1.26. The normalized spacial score (nSPS) is 10.9. The first-order valence-corrected chi connectivity index (χ1v) is 5.02. The number of hydrogen-bond donors (Lipinski definition) is 2. The van der Waals surface area contributed by atoms with Crippen LogP contribution in [0.2, 0.25) is 4.34 Å². The molecule has 0 spiro atoms. The van der Waals surface area contributed by atoms with Gasteiger partial charge in [-0.25, -0.2) is 4.39 Å². The molecule has 0 saturated heterocycles. The van der Waals surface area contributed by atoms with E-state index < -0.39 is 12.9 Å². The van der Waals surface area contributed by atoms with Gasteiger partial charge < -0.3 is 10.0 Å². The number of benzene rings is 1. The van der Waals surface area contributed by atoms with Gasteiger partial charge in [0.15, 0.2) is 0 Å². The first-order chi connectivity index (χ1) is 6.59. The summed E-state index contributed by atoms with van der Waals surface area (Å²) in [4.78, 5) is 0. The number of thiophene rings is 1. The second-order valence-electron chi connectivity index (χ2n) is 2.80. The van der Waals surface area contributed by atoms with Gasteiger partial charge in [-0.05, 0) is 12.1 Å². The van der Waals surface area contributed by atoms with Crippen molar-refractivity contribution < 1.29 is 14.4 Å². The third-order valence-corrected chi connectivity index (χ3v) is 3.14. The molecule has 2 N–H and O–H groups in total. The maximum absolute atomic E-state index is 13.6. The van der Waals surface area contributed by atoms with Crippen LogP contribution in [0.3, 0.4) is 0 Å². The molecule has 0 fully saturated rings. The van der Waals surface area contributed by atoms with E-state index in [0.29, 0.717) is 14.4 Å². The minimum absolute atomic E-state index is 0.132. The maximum Gasteiger partial charge on any atom is 0.491 e. The van der Waals surface area contributed by atoms with E-state index in [1.807, 2.05) is 0 Å². The van der Waals surface area contributed by atoms with Crippen molar-refractivity contribution in [3.63, 3.8) is 0 Å². The molecule has 0 amide bonds. The van der Waals surface area contributed by atoms with Crippen LogP contribution < -0.4 is 5.46 Å². The van der Waals surface area contributed by atoms with Crippen molar-refractivity contribution in [2.45, 2.75) is 0 Å². The monoisotopic (exact) mass is 230 g/mol. The topological polar surface area (TPSA) is 40.5 Å². The largest absolute Gasteiger partial charge is 0.491 e. The van der Waals surface area contributed by atoms with Gasteiger partial charge in [-0.2, -0.15) is 0 Å². The zero-order chi connectivity index (χ0) is 10.3. The van der Waals surface area contributed by atoms with Gasteiger partial charge in [0.1, 0.15) is 5.82 Å². The number of fused-ring (bicyclic) bond motifs is 1. The van der Waals surface area contributed by atoms with Crippen molar-refractivity contribution in [2.75, 3.05) is 0 Å². The summed E-state index contributed by atoms with van der Waals surface area (Å²) in [6.07, 6.45) is 0. The van der Waals surface area contributed by atoms with Gasteiger partial charge in [0.25, 0.3) is 0 Å². The van der Waals surface area contributed by atoms with Crippen LogP contribution in [0.4, 0.5) is 4.39 Å². The number of halogens is 2. The molecule has 2 nitrogen and oxygen atoms in total. The predicted molar refractivity (Wildman–Crippen MR) is 56.6 cm³/mol. The lowest BCUT2D eigenvalue weighted by molar-refractivity contribution is 0.423. The van der Waals surface area contributed by atoms with Crippen LogP contribution in [0.15, 0.2) is 18.2 Å². The lowest BCUT2D eigenvalue weighted by atomic mass is 9.79. The highest BCUT2D eigenvalue weighted by molar-refractivity contribution is 7.22. The van der Waals surface area contributed by atoms with Crippen molar-refractivity contribution in [1.82, 2.24) is 0 Å². The minimum Gasteiger partial charge on any atom is -0.423 e. The molecule has 0 aliphatic rings. The molecule has 0 saturated carbocycles. The predicted octanol–water partition coefficient (Wildman–Crippen LogP) is 1.37. The Bertz CT molecular complexity index is 485. The van der Waals surface area contributed by atoms with Crippen LogP contribution in [0.25, 0.3) is 10.1 Å². The van der Waals surface area contributed by atoms with Gasteiger partial charge in [-0.1, -0.05) is 17.7 Å². The Morgan fingerprint density at radius 2 is 2.07 bits per heavy atom. The Morgan fingerprint density at radius 3 is 2.71 bits per heavy atom. The van der Waals surface area contributed by atoms with Gasteiger partial charge in [-0.15, -0.1) is 11.3 Å². The average molecular weight is 230 g/mol. The van der Waals surface area contributed by atoms with E-state index >= 15 is 0 Å². The second kappa shape index (κ2) is 3.51. The summed E-state index contributed by atoms with van der Waals surface area (Å²) in [5.74, 6) is -0.624. The zero-order valence-corrected chi connectivity index (χ0v) is 8.44. The van der Waals surface area contributed by atoms with Gasteiger partial charge in [-0.3, -0.25) is 0 Å². The van der Waals surface area contributed by atoms with Crippen LogP contribution in [-0.4, -0.2) is 17.2 Å². The van der Waals surface area contributed by atoms with E-state index in [-0.39, 0.29) is 5.46 Å². The minimum atomic E-state index is -1.79. The summed E-state index contributed by atoms with van der Waals surface area (Å²) in [5.41, 5.74) is -0.132. The van der Waals surface area contributed by atoms with Gasteiger partial charge >= 0.3 is 7.12 Å². The standard InChI is InChI=1S/C8H5BClFO2S/c10-7-3-4-6(14-7)2-1-5(8(4)11)9(12)13/h1-3,12-13H. The quantitative estimate of drug-likeness (QED) is 0.727. The number of hydrogen-bond acceptors (Lipinski definition) is 3. The highest BCUT2D eigenvalue weighted by Gasteiger charge is 2.19. The van der Waals surface area contributed by atoms with E-state index in [1.54, 1.807) is 6.07 Å². The first kappa shape index (κ1) is 9.92. The van der Waals surface area contributed by atoms with Crippen molar-refractivity contribution in [1.29, 1.82) is 0 Å². The molecule has 0 aliphatic heterocycles. The fourth-order valence-corrected chi connectivity index (χ4v) is 2.40. The molecule has 1 aromatic carbocycles. The summed E-state index contributed by atoms with van der Waals surface area (Å²) in [6.45, 7) is 0. The highest BCUT2D eigenvalue weighted by atomic mass is 35.5. The van der Waals surface area contributed by atoms with E-state index in [1.165, 1.54) is 23.5 Å². The Hall–Kier alpha value is -0.615. The lowest BCUT2D eigenvalue weighted by Gasteiger charge is -2.01. The molecule has 1 aromatic heterocycles. The van der Waals surface area contributed by atoms with Crippen molar-refractivity contribution in [2.24, 2.45) is 0 Å². The fraction of sp³-hybridized carbons (Fsp3) is 0. The molecule has 14 heavy (non-hydrogen) atoms. The van der Waals surface area contributed by atoms with Crippen molar-refractivity contribution in [3.05, 3.63) is 28.4 Å². The SMILES string of the molecule is OB(O)c1ccc2sc(Cl)cc2c1F. The van der Waals surface area contributed by atoms with Crippen LogP contribution in [0, 0.1) is 5.82 Å². The van der Waals surface area contributed by atoms with Crippen molar-refractivity contribution in [3.8, 4) is 0 Å². The Balaban J connectivity index is 2.74. The molecule has 6 heteroatoms. The Kier molecular flexibility index (Phi) is 2.49. The Morgan fingerprint density at radius 1 is 1.36 bits per heavy atom. The van der Waals surface area contributed by atoms with Crippen LogP contribution in [0.1, 0.15) is 0 Å². The van der Waals surface area contributed by atoms with E-state index in [2.05, 4.69) is 0 Å². The third-order valence-electron chi connectivity index (χ3n) is 1.91. The van der Waals surface area contributed by atoms with E-state index in [0.717, 1.165) is 0 Å². The van der Waals surface area contributed by atoms with Gasteiger partial charge in [0.05, 0.1) is 4.34 Å². The number of rotatable bonds is 1. The molecule has 0 atom stereocenters. The summed E-state index contributed by atoms with van der Waals surface area (Å²) in [6, 6.07) is 4.43. The molecule has 0 radical (unpaired) electrons. The van der Waals surface area contributed by atoms with Gasteiger partial charge in [0, 0.05) is 15.5 Å². The van der Waals surface area contributed by atoms with E-state index in [4.69, 9.17) is 21.6 Å². The summed E-state index contributed by atoms with van der Waals surface area (Å²) in [7, 11) is -1.79. The van der Waals surface area contributed by atoms with Gasteiger partial charge in [0.2, 0.25) is 0 Å². The van der Waals surface area contributed by atoms with Crippen LogP contribution >= 0.6 is 22.9 Å². The molecule has 2 aromatic rings. The average Bonchev–Trinajstić information content (AvgIpc) is 2.46. The molecule has 0 unspecified atom stereocenters. The lowest BCUT2D eigenvalue weighted by Crippen LogP contribution is -2.32. The van der Waals surface area contributed by atoms with Crippen LogP contribution in [-0.2, 0) is 0 Å². The summed E-state index contributed by atoms with van der Waals surface area (Å²) in [5, 5.41) is 18.0. The summed E-state index contributed by atoms with van der Waals surface area (Å²) < 4.78 is 14.7. The maximum atomic E-state index is 13.6. The van der Waals surface area contributed by atoms with Crippen LogP contribution in [0.5, 0.6) is 0 Å². The molecule has 72 valence electrons. The first-order valence-electron chi connectivity index (χ1n) is 3.83. The van der Waals surface area contributed by atoms with Crippen molar-refractivity contribution >= 4 is 45.6 Å². The highest BCUT2D eigenvalue weighted by Crippen LogP contribution is 2.30. The molecule has 0 bridgehead atoms. The zero-order valence-electron chi connectivity index (χ0n) is 6.87. The smallest absolute Gasteiger partial charge is 0.423 e. The molecule has 1 heterocycles. The molecular weight excluding hydrogens is 225 g/mol. The Labute approximate surface area is 88.7 Å². The molecular formula is C8H5BClFO2S. The molecule has 0 aliphatic carbocycles. The third kappa shape index (κ3) is 1.52.